The van der Waals surface area contributed by atoms with Gasteiger partial charge in [0, 0.05) is 29.1 Å². The van der Waals surface area contributed by atoms with Crippen LogP contribution < -0.4 is 10.1 Å². The molecule has 1 saturated carbocycles. The molecule has 1 unspecified atom stereocenters. The monoisotopic (exact) mass is 309 g/mol. The van der Waals surface area contributed by atoms with E-state index in [1.807, 2.05) is 7.05 Å². The van der Waals surface area contributed by atoms with Crippen LogP contribution in [-0.2, 0) is 5.60 Å². The van der Waals surface area contributed by atoms with Crippen LogP contribution in [0.3, 0.4) is 0 Å². The van der Waals surface area contributed by atoms with Gasteiger partial charge in [0.2, 0.25) is 0 Å². The number of fused-ring (bicyclic) bond motifs is 1. The highest BCUT2D eigenvalue weighted by molar-refractivity contribution is 7.10. The summed E-state index contributed by atoms with van der Waals surface area (Å²) in [4.78, 5) is 1.33. The quantitative estimate of drug-likeness (QED) is 0.753. The summed E-state index contributed by atoms with van der Waals surface area (Å²) in [6.07, 6.45) is 1.08. The van der Waals surface area contributed by atoms with Crippen molar-refractivity contribution in [3.05, 3.63) is 64.9 Å². The van der Waals surface area contributed by atoms with E-state index < -0.39 is 0 Å². The van der Waals surface area contributed by atoms with Crippen LogP contribution in [0.15, 0.2) is 60.0 Å². The van der Waals surface area contributed by atoms with Gasteiger partial charge in [-0.3, -0.25) is 0 Å². The largest absolute Gasteiger partial charge is 0.481 e. The van der Waals surface area contributed by atoms with Gasteiger partial charge >= 0.3 is 0 Å². The van der Waals surface area contributed by atoms with Crippen molar-refractivity contribution in [1.82, 2.24) is 5.32 Å². The predicted molar refractivity (Wildman–Crippen MR) is 92.6 cm³/mol. The Bertz CT molecular complexity index is 778. The van der Waals surface area contributed by atoms with Crippen molar-refractivity contribution in [3.63, 3.8) is 0 Å². The zero-order valence-corrected chi connectivity index (χ0v) is 13.4. The minimum Gasteiger partial charge on any atom is -0.481 e. The molecule has 0 spiro atoms. The molecular weight excluding hydrogens is 290 g/mol. The Labute approximate surface area is 134 Å². The number of hydrogen-bond acceptors (Lipinski definition) is 3. The molecule has 1 heterocycles. The van der Waals surface area contributed by atoms with Gasteiger partial charge in [-0.25, -0.2) is 0 Å². The van der Waals surface area contributed by atoms with Crippen molar-refractivity contribution in [2.75, 3.05) is 13.6 Å². The normalized spacial score (nSPS) is 23.6. The molecule has 4 rings (SSSR count). The lowest BCUT2D eigenvalue weighted by atomic mass is 10.1. The van der Waals surface area contributed by atoms with Crippen LogP contribution in [0.2, 0.25) is 0 Å². The van der Waals surface area contributed by atoms with E-state index in [0.717, 1.165) is 18.7 Å². The molecule has 0 saturated heterocycles. The van der Waals surface area contributed by atoms with Crippen molar-refractivity contribution in [1.29, 1.82) is 0 Å². The summed E-state index contributed by atoms with van der Waals surface area (Å²) in [6.45, 7) is 0.989. The van der Waals surface area contributed by atoms with E-state index in [9.17, 15) is 0 Å². The van der Waals surface area contributed by atoms with Crippen molar-refractivity contribution in [3.8, 4) is 5.75 Å². The lowest BCUT2D eigenvalue weighted by molar-refractivity contribution is 0.167. The van der Waals surface area contributed by atoms with Gasteiger partial charge in [-0.05, 0) is 29.9 Å². The predicted octanol–water partition coefficient (Wildman–Crippen LogP) is 4.41. The van der Waals surface area contributed by atoms with Crippen LogP contribution in [0.5, 0.6) is 5.75 Å². The minimum atomic E-state index is -0.151. The van der Waals surface area contributed by atoms with Crippen LogP contribution in [0.1, 0.15) is 11.3 Å². The smallest absolute Gasteiger partial charge is 0.148 e. The van der Waals surface area contributed by atoms with Crippen molar-refractivity contribution in [2.45, 2.75) is 12.0 Å². The first-order valence-corrected chi connectivity index (χ1v) is 8.57. The molecule has 1 fully saturated rings. The molecule has 1 aromatic heterocycles. The van der Waals surface area contributed by atoms with Crippen LogP contribution in [0, 0.1) is 5.92 Å². The average molecular weight is 309 g/mol. The van der Waals surface area contributed by atoms with Gasteiger partial charge in [-0.1, -0.05) is 42.5 Å². The Morgan fingerprint density at radius 2 is 2.00 bits per heavy atom. The molecule has 2 nitrogen and oxygen atoms in total. The molecule has 2 aromatic carbocycles. The zero-order chi connectivity index (χ0) is 15.0. The Kier molecular flexibility index (Phi) is 3.40. The maximum absolute atomic E-state index is 6.61. The number of benzene rings is 2. The fraction of sp³-hybridized carbons (Fsp3) is 0.263. The minimum absolute atomic E-state index is 0.151. The maximum Gasteiger partial charge on any atom is 0.148 e. The molecule has 1 aliphatic carbocycles. The number of hydrogen-bond donors (Lipinski definition) is 1. The Hall–Kier alpha value is -1.84. The maximum atomic E-state index is 6.61. The van der Waals surface area contributed by atoms with Gasteiger partial charge in [-0.15, -0.1) is 11.3 Å². The first-order chi connectivity index (χ1) is 10.8. The number of rotatable bonds is 5. The summed E-state index contributed by atoms with van der Waals surface area (Å²) in [5.74, 6) is 1.53. The molecule has 22 heavy (non-hydrogen) atoms. The highest BCUT2D eigenvalue weighted by Gasteiger charge is 2.58. The Morgan fingerprint density at radius 1 is 1.14 bits per heavy atom. The Morgan fingerprint density at radius 3 is 2.82 bits per heavy atom. The lowest BCUT2D eigenvalue weighted by Crippen LogP contribution is -2.22. The van der Waals surface area contributed by atoms with Gasteiger partial charge < -0.3 is 10.1 Å². The number of nitrogens with one attached hydrogen (secondary N) is 1. The Balaban J connectivity index is 1.73. The summed E-state index contributed by atoms with van der Waals surface area (Å²) in [7, 11) is 2.01. The zero-order valence-electron chi connectivity index (χ0n) is 12.6. The van der Waals surface area contributed by atoms with E-state index in [1.165, 1.54) is 15.6 Å². The van der Waals surface area contributed by atoms with E-state index in [2.05, 4.69) is 65.3 Å². The summed E-state index contributed by atoms with van der Waals surface area (Å²) < 4.78 is 6.61. The highest BCUT2D eigenvalue weighted by atomic mass is 32.1. The highest BCUT2D eigenvalue weighted by Crippen LogP contribution is 2.56. The second-order valence-corrected chi connectivity index (χ2v) is 6.85. The topological polar surface area (TPSA) is 21.3 Å². The SMILES string of the molecule is CNC[C@@H]1CC1(Oc1cccc2ccccc12)c1cccs1. The molecule has 0 bridgehead atoms. The summed E-state index contributed by atoms with van der Waals surface area (Å²) >= 11 is 1.79. The van der Waals surface area contributed by atoms with E-state index in [-0.39, 0.29) is 5.60 Å². The second-order valence-electron chi connectivity index (χ2n) is 5.90. The van der Waals surface area contributed by atoms with Crippen molar-refractivity contribution in [2.24, 2.45) is 5.92 Å². The lowest BCUT2D eigenvalue weighted by Gasteiger charge is -2.20. The number of thiophene rings is 1. The van der Waals surface area contributed by atoms with Crippen LogP contribution in [-0.4, -0.2) is 13.6 Å². The molecule has 112 valence electrons. The summed E-state index contributed by atoms with van der Waals surface area (Å²) in [5, 5.41) is 7.85. The molecule has 0 radical (unpaired) electrons. The van der Waals surface area contributed by atoms with Crippen LogP contribution in [0.25, 0.3) is 10.8 Å². The average Bonchev–Trinajstić information content (AvgIpc) is 2.99. The number of ether oxygens (including phenoxy) is 1. The molecule has 1 aliphatic rings. The van der Waals surface area contributed by atoms with Gasteiger partial charge in [0.15, 0.2) is 0 Å². The molecule has 1 N–H and O–H groups in total. The fourth-order valence-electron chi connectivity index (χ4n) is 3.27. The van der Waals surface area contributed by atoms with Crippen molar-refractivity contribution < 1.29 is 4.74 Å². The first kappa shape index (κ1) is 13.8. The summed E-state index contributed by atoms with van der Waals surface area (Å²) in [6, 6.07) is 19.0. The van der Waals surface area contributed by atoms with Gasteiger partial charge in [0.1, 0.15) is 11.4 Å². The fourth-order valence-corrected chi connectivity index (χ4v) is 4.22. The standard InChI is InChI=1S/C19H19NOS/c1-20-13-15-12-19(15,18-10-5-11-22-18)21-17-9-4-7-14-6-2-3-8-16(14)17/h2-11,15,20H,12-13H2,1H3/t15-,19?/m0/s1. The van der Waals surface area contributed by atoms with Gasteiger partial charge in [-0.2, -0.15) is 0 Å². The third kappa shape index (κ3) is 2.21. The van der Waals surface area contributed by atoms with Crippen LogP contribution in [0.4, 0.5) is 0 Å². The third-order valence-corrected chi connectivity index (χ3v) is 5.51. The molecule has 0 aliphatic heterocycles. The van der Waals surface area contributed by atoms with E-state index in [0.29, 0.717) is 5.92 Å². The summed E-state index contributed by atoms with van der Waals surface area (Å²) in [5.41, 5.74) is -0.151. The van der Waals surface area contributed by atoms with E-state index >= 15 is 0 Å². The first-order valence-electron chi connectivity index (χ1n) is 7.69. The molecule has 3 aromatic rings. The van der Waals surface area contributed by atoms with Crippen molar-refractivity contribution >= 4 is 22.1 Å². The van der Waals surface area contributed by atoms with E-state index in [1.54, 1.807) is 11.3 Å². The van der Waals surface area contributed by atoms with E-state index in [4.69, 9.17) is 4.74 Å². The molecular formula is C19H19NOS. The van der Waals surface area contributed by atoms with Gasteiger partial charge in [0.05, 0.1) is 0 Å². The molecule has 2 atom stereocenters. The van der Waals surface area contributed by atoms with Gasteiger partial charge in [0.25, 0.3) is 0 Å². The van der Waals surface area contributed by atoms with Crippen LogP contribution >= 0.6 is 11.3 Å². The molecule has 3 heteroatoms. The molecule has 0 amide bonds. The third-order valence-electron chi connectivity index (χ3n) is 4.48. The second kappa shape index (κ2) is 5.41.